The summed E-state index contributed by atoms with van der Waals surface area (Å²) in [5.74, 6) is 0.877. The van der Waals surface area contributed by atoms with Crippen molar-refractivity contribution in [3.63, 3.8) is 0 Å². The molecule has 0 bridgehead atoms. The van der Waals surface area contributed by atoms with Gasteiger partial charge in [0, 0.05) is 0 Å². The molecule has 1 atom stereocenters. The highest BCUT2D eigenvalue weighted by atomic mass is 19.1. The summed E-state index contributed by atoms with van der Waals surface area (Å²) in [5.41, 5.74) is -0.597. The number of nitrogens with one attached hydrogen (secondary N) is 1. The van der Waals surface area contributed by atoms with Gasteiger partial charge in [0.2, 0.25) is 0 Å². The first-order valence-corrected chi connectivity index (χ1v) is 8.90. The molecule has 8 heteroatoms. The number of halogens is 1. The van der Waals surface area contributed by atoms with E-state index in [1.54, 1.807) is 25.1 Å². The van der Waals surface area contributed by atoms with Crippen molar-refractivity contribution in [2.75, 3.05) is 26.4 Å². The van der Waals surface area contributed by atoms with E-state index in [0.29, 0.717) is 36.0 Å². The quantitative estimate of drug-likeness (QED) is 0.799. The number of fused-ring (bicyclic) bond motifs is 1. The van der Waals surface area contributed by atoms with Gasteiger partial charge in [-0.3, -0.25) is 9.69 Å². The molecule has 2 aromatic carbocycles. The van der Waals surface area contributed by atoms with Crippen molar-refractivity contribution in [3.8, 4) is 17.2 Å². The summed E-state index contributed by atoms with van der Waals surface area (Å²) in [4.78, 5) is 26.5. The Kier molecular flexibility index (Phi) is 4.54. The van der Waals surface area contributed by atoms with E-state index >= 15 is 0 Å². The van der Waals surface area contributed by atoms with Crippen LogP contribution in [0, 0.1) is 5.82 Å². The lowest BCUT2D eigenvalue weighted by Crippen LogP contribution is -2.41. The maximum absolute atomic E-state index is 13.0. The number of hydrogen-bond acceptors (Lipinski definition) is 5. The van der Waals surface area contributed by atoms with Crippen LogP contribution >= 0.6 is 0 Å². The van der Waals surface area contributed by atoms with Crippen LogP contribution in [-0.4, -0.2) is 43.2 Å². The van der Waals surface area contributed by atoms with Gasteiger partial charge in [0.1, 0.15) is 36.9 Å². The van der Waals surface area contributed by atoms with Crippen molar-refractivity contribution in [3.05, 3.63) is 53.8 Å². The lowest BCUT2D eigenvalue weighted by molar-refractivity contribution is -0.131. The molecule has 146 valence electrons. The fraction of sp³-hybridized carbons (Fsp3) is 0.300. The maximum Gasteiger partial charge on any atom is 0.325 e. The highest BCUT2D eigenvalue weighted by Gasteiger charge is 2.49. The van der Waals surface area contributed by atoms with Crippen molar-refractivity contribution in [2.45, 2.75) is 12.5 Å². The topological polar surface area (TPSA) is 77.1 Å². The summed E-state index contributed by atoms with van der Waals surface area (Å²) in [6.07, 6.45) is 0. The molecule has 2 heterocycles. The Morgan fingerprint density at radius 2 is 1.82 bits per heavy atom. The van der Waals surface area contributed by atoms with Gasteiger partial charge >= 0.3 is 6.03 Å². The first-order valence-electron chi connectivity index (χ1n) is 8.90. The molecule has 7 nitrogen and oxygen atoms in total. The van der Waals surface area contributed by atoms with Crippen LogP contribution in [-0.2, 0) is 10.3 Å². The summed E-state index contributed by atoms with van der Waals surface area (Å²) in [7, 11) is 0. The molecule has 2 aliphatic heterocycles. The van der Waals surface area contributed by atoms with Gasteiger partial charge in [0.15, 0.2) is 11.5 Å². The number of carbonyl (C=O) groups excluding carboxylic acids is 2. The first-order chi connectivity index (χ1) is 13.5. The number of ether oxygens (including phenoxy) is 3. The molecule has 0 aliphatic carbocycles. The zero-order valence-electron chi connectivity index (χ0n) is 15.2. The van der Waals surface area contributed by atoms with E-state index in [-0.39, 0.29) is 24.9 Å². The first kappa shape index (κ1) is 18.1. The van der Waals surface area contributed by atoms with E-state index in [1.807, 2.05) is 0 Å². The van der Waals surface area contributed by atoms with Crippen molar-refractivity contribution < 1.29 is 28.2 Å². The minimum atomic E-state index is -1.21. The molecular weight excluding hydrogens is 367 g/mol. The summed E-state index contributed by atoms with van der Waals surface area (Å²) in [5, 5.41) is 2.75. The van der Waals surface area contributed by atoms with Crippen LogP contribution in [0.4, 0.5) is 9.18 Å². The van der Waals surface area contributed by atoms with Gasteiger partial charge in [-0.2, -0.15) is 0 Å². The number of amides is 3. The summed E-state index contributed by atoms with van der Waals surface area (Å²) >= 11 is 0. The van der Waals surface area contributed by atoms with Crippen LogP contribution in [0.3, 0.4) is 0 Å². The molecule has 0 radical (unpaired) electrons. The van der Waals surface area contributed by atoms with Crippen molar-refractivity contribution in [1.29, 1.82) is 0 Å². The predicted molar refractivity (Wildman–Crippen MR) is 96.9 cm³/mol. The molecule has 2 aliphatic rings. The Morgan fingerprint density at radius 1 is 1.11 bits per heavy atom. The molecule has 0 saturated carbocycles. The number of benzene rings is 2. The Hall–Kier alpha value is -3.29. The molecule has 1 N–H and O–H groups in total. The molecule has 4 rings (SSSR count). The number of carbonyl (C=O) groups is 2. The van der Waals surface area contributed by atoms with Crippen LogP contribution in [0.1, 0.15) is 12.5 Å². The molecular formula is C20H19FN2O5. The number of hydrogen-bond donors (Lipinski definition) is 1. The van der Waals surface area contributed by atoms with Crippen molar-refractivity contribution >= 4 is 11.9 Å². The lowest BCUT2D eigenvalue weighted by Gasteiger charge is -2.25. The molecule has 0 unspecified atom stereocenters. The largest absolute Gasteiger partial charge is 0.492 e. The van der Waals surface area contributed by atoms with E-state index in [9.17, 15) is 14.0 Å². The van der Waals surface area contributed by atoms with E-state index < -0.39 is 11.6 Å². The second kappa shape index (κ2) is 7.03. The molecule has 3 amide bonds. The number of rotatable bonds is 5. The van der Waals surface area contributed by atoms with Crippen LogP contribution in [0.25, 0.3) is 0 Å². The Balaban J connectivity index is 1.46. The van der Waals surface area contributed by atoms with Gasteiger partial charge in [0.25, 0.3) is 5.91 Å². The molecule has 28 heavy (non-hydrogen) atoms. The highest BCUT2D eigenvalue weighted by molar-refractivity contribution is 6.07. The molecule has 2 aromatic rings. The predicted octanol–water partition coefficient (Wildman–Crippen LogP) is 2.44. The van der Waals surface area contributed by atoms with Gasteiger partial charge in [-0.05, 0) is 48.9 Å². The zero-order chi connectivity index (χ0) is 19.7. The van der Waals surface area contributed by atoms with E-state index in [4.69, 9.17) is 14.2 Å². The van der Waals surface area contributed by atoms with Crippen LogP contribution in [0.2, 0.25) is 0 Å². The third-order valence-electron chi connectivity index (χ3n) is 4.79. The van der Waals surface area contributed by atoms with Gasteiger partial charge < -0.3 is 19.5 Å². The van der Waals surface area contributed by atoms with Gasteiger partial charge in [-0.25, -0.2) is 9.18 Å². The van der Waals surface area contributed by atoms with Crippen molar-refractivity contribution in [1.82, 2.24) is 10.2 Å². The fourth-order valence-electron chi connectivity index (χ4n) is 3.24. The van der Waals surface area contributed by atoms with E-state index in [0.717, 1.165) is 4.90 Å². The molecule has 0 aromatic heterocycles. The zero-order valence-corrected chi connectivity index (χ0v) is 15.2. The standard InChI is InChI=1S/C20H19FN2O5/c1-20(13-2-7-16-17(12-13)28-11-10-27-16)18(24)23(19(25)22-20)8-9-26-15-5-3-14(21)4-6-15/h2-7,12H,8-11H2,1H3,(H,22,25)/t20-/m0/s1. The van der Waals surface area contributed by atoms with Crippen LogP contribution in [0.15, 0.2) is 42.5 Å². The number of imide groups is 1. The minimum absolute atomic E-state index is 0.0716. The Morgan fingerprint density at radius 3 is 2.57 bits per heavy atom. The lowest BCUT2D eigenvalue weighted by atomic mass is 9.91. The van der Waals surface area contributed by atoms with Crippen molar-refractivity contribution in [2.24, 2.45) is 0 Å². The summed E-state index contributed by atoms with van der Waals surface area (Å²) < 4.78 is 29.5. The highest BCUT2D eigenvalue weighted by Crippen LogP contribution is 2.36. The third-order valence-corrected chi connectivity index (χ3v) is 4.79. The minimum Gasteiger partial charge on any atom is -0.492 e. The third kappa shape index (κ3) is 3.21. The second-order valence-corrected chi connectivity index (χ2v) is 6.67. The maximum atomic E-state index is 13.0. The average Bonchev–Trinajstić information content (AvgIpc) is 2.93. The Labute approximate surface area is 161 Å². The normalized spacial score (nSPS) is 20.9. The SMILES string of the molecule is C[C@@]1(c2ccc3c(c2)OCCO3)NC(=O)N(CCOc2ccc(F)cc2)C1=O. The fourth-order valence-corrected chi connectivity index (χ4v) is 3.24. The van der Waals surface area contributed by atoms with Gasteiger partial charge in [-0.15, -0.1) is 0 Å². The smallest absolute Gasteiger partial charge is 0.325 e. The van der Waals surface area contributed by atoms with E-state index in [1.165, 1.54) is 24.3 Å². The number of nitrogens with zero attached hydrogens (tertiary/aromatic N) is 1. The molecule has 1 fully saturated rings. The van der Waals surface area contributed by atoms with E-state index in [2.05, 4.69) is 5.32 Å². The van der Waals surface area contributed by atoms with Gasteiger partial charge in [0.05, 0.1) is 6.54 Å². The molecule has 0 spiro atoms. The van der Waals surface area contributed by atoms with Gasteiger partial charge in [-0.1, -0.05) is 6.07 Å². The second-order valence-electron chi connectivity index (χ2n) is 6.67. The average molecular weight is 386 g/mol. The monoisotopic (exact) mass is 386 g/mol. The summed E-state index contributed by atoms with van der Waals surface area (Å²) in [6.45, 7) is 2.73. The Bertz CT molecular complexity index is 917. The summed E-state index contributed by atoms with van der Waals surface area (Å²) in [6, 6.07) is 10.2. The van der Waals surface area contributed by atoms with Crippen LogP contribution < -0.4 is 19.5 Å². The molecule has 1 saturated heterocycles. The van der Waals surface area contributed by atoms with Crippen LogP contribution in [0.5, 0.6) is 17.2 Å². The number of urea groups is 1.